The Kier molecular flexibility index (Phi) is 4.11. The maximum atomic E-state index is 12.4. The SMILES string of the molecule is CCn1nc(C)c(N)c1C(=O)Nc1ccc(=O)n(CC)c1. The van der Waals surface area contributed by atoms with Gasteiger partial charge in [-0.15, -0.1) is 0 Å². The molecular formula is C14H19N5O2. The number of nitrogens with zero attached hydrogens (tertiary/aromatic N) is 3. The van der Waals surface area contributed by atoms with Crippen LogP contribution < -0.4 is 16.6 Å². The molecule has 7 nitrogen and oxygen atoms in total. The number of hydrogen-bond donors (Lipinski definition) is 2. The van der Waals surface area contributed by atoms with Gasteiger partial charge in [-0.25, -0.2) is 0 Å². The predicted octanol–water partition coefficient (Wildman–Crippen LogP) is 1.23. The van der Waals surface area contributed by atoms with Gasteiger partial charge in [0.15, 0.2) is 0 Å². The molecule has 0 spiro atoms. The van der Waals surface area contributed by atoms with E-state index in [1.165, 1.54) is 10.6 Å². The van der Waals surface area contributed by atoms with Gasteiger partial charge >= 0.3 is 0 Å². The number of carbonyl (C=O) groups is 1. The van der Waals surface area contributed by atoms with Crippen molar-refractivity contribution in [3.8, 4) is 0 Å². The van der Waals surface area contributed by atoms with Crippen LogP contribution in [0.5, 0.6) is 0 Å². The van der Waals surface area contributed by atoms with Crippen LogP contribution in [0.4, 0.5) is 11.4 Å². The normalized spacial score (nSPS) is 10.6. The Morgan fingerprint density at radius 2 is 2.05 bits per heavy atom. The van der Waals surface area contributed by atoms with Crippen LogP contribution in [0.2, 0.25) is 0 Å². The number of hydrogen-bond acceptors (Lipinski definition) is 4. The predicted molar refractivity (Wildman–Crippen MR) is 81.4 cm³/mol. The zero-order valence-electron chi connectivity index (χ0n) is 12.4. The molecule has 0 saturated heterocycles. The molecule has 7 heteroatoms. The molecule has 2 aromatic rings. The third-order valence-electron chi connectivity index (χ3n) is 3.27. The van der Waals surface area contributed by atoms with Crippen molar-refractivity contribution in [2.24, 2.45) is 0 Å². The minimum absolute atomic E-state index is 0.107. The van der Waals surface area contributed by atoms with E-state index in [4.69, 9.17) is 5.73 Å². The summed E-state index contributed by atoms with van der Waals surface area (Å²) in [5.74, 6) is -0.337. The highest BCUT2D eigenvalue weighted by molar-refractivity contribution is 6.06. The van der Waals surface area contributed by atoms with Crippen molar-refractivity contribution < 1.29 is 4.79 Å². The first-order chi connectivity index (χ1) is 9.97. The quantitative estimate of drug-likeness (QED) is 0.885. The van der Waals surface area contributed by atoms with Crippen molar-refractivity contribution in [1.82, 2.24) is 14.3 Å². The van der Waals surface area contributed by atoms with Gasteiger partial charge in [0.05, 0.1) is 17.1 Å². The van der Waals surface area contributed by atoms with Crippen LogP contribution in [0.3, 0.4) is 0 Å². The molecule has 112 valence electrons. The largest absolute Gasteiger partial charge is 0.395 e. The van der Waals surface area contributed by atoms with Crippen molar-refractivity contribution >= 4 is 17.3 Å². The van der Waals surface area contributed by atoms with Crippen molar-refractivity contribution in [1.29, 1.82) is 0 Å². The lowest BCUT2D eigenvalue weighted by atomic mass is 10.2. The van der Waals surface area contributed by atoms with Crippen molar-refractivity contribution in [3.63, 3.8) is 0 Å². The molecule has 1 amide bonds. The van der Waals surface area contributed by atoms with E-state index >= 15 is 0 Å². The van der Waals surface area contributed by atoms with E-state index in [0.29, 0.717) is 35.9 Å². The highest BCUT2D eigenvalue weighted by atomic mass is 16.2. The van der Waals surface area contributed by atoms with Crippen LogP contribution in [0, 0.1) is 6.92 Å². The lowest BCUT2D eigenvalue weighted by Crippen LogP contribution is -2.22. The Morgan fingerprint density at radius 1 is 1.33 bits per heavy atom. The highest BCUT2D eigenvalue weighted by Gasteiger charge is 2.19. The molecule has 0 saturated carbocycles. The summed E-state index contributed by atoms with van der Waals surface area (Å²) in [6, 6.07) is 2.99. The second kappa shape index (κ2) is 5.82. The molecule has 0 aromatic carbocycles. The molecule has 0 bridgehead atoms. The van der Waals surface area contributed by atoms with Crippen LogP contribution in [-0.4, -0.2) is 20.3 Å². The first kappa shape index (κ1) is 14.8. The summed E-state index contributed by atoms with van der Waals surface area (Å²) in [6.07, 6.45) is 1.61. The van der Waals surface area contributed by atoms with Gasteiger partial charge in [-0.3, -0.25) is 14.3 Å². The zero-order valence-corrected chi connectivity index (χ0v) is 12.4. The van der Waals surface area contributed by atoms with Crippen LogP contribution in [-0.2, 0) is 13.1 Å². The van der Waals surface area contributed by atoms with E-state index in [0.717, 1.165) is 0 Å². The van der Waals surface area contributed by atoms with Gasteiger partial charge in [0, 0.05) is 25.4 Å². The fourth-order valence-corrected chi connectivity index (χ4v) is 2.11. The second-order valence-electron chi connectivity index (χ2n) is 4.66. The van der Waals surface area contributed by atoms with Crippen LogP contribution in [0.25, 0.3) is 0 Å². The fraction of sp³-hybridized carbons (Fsp3) is 0.357. The first-order valence-corrected chi connectivity index (χ1v) is 6.82. The molecule has 0 aliphatic carbocycles. The lowest BCUT2D eigenvalue weighted by Gasteiger charge is -2.09. The van der Waals surface area contributed by atoms with Crippen LogP contribution >= 0.6 is 0 Å². The Morgan fingerprint density at radius 3 is 2.67 bits per heavy atom. The second-order valence-corrected chi connectivity index (χ2v) is 4.66. The van der Waals surface area contributed by atoms with E-state index in [1.54, 1.807) is 23.9 Å². The van der Waals surface area contributed by atoms with Gasteiger partial charge in [0.1, 0.15) is 5.69 Å². The molecule has 0 radical (unpaired) electrons. The molecule has 0 unspecified atom stereocenters. The topological polar surface area (TPSA) is 94.9 Å². The molecule has 0 aliphatic rings. The minimum Gasteiger partial charge on any atom is -0.395 e. The third kappa shape index (κ3) is 2.81. The smallest absolute Gasteiger partial charge is 0.276 e. The summed E-state index contributed by atoms with van der Waals surface area (Å²) in [6.45, 7) is 6.60. The van der Waals surface area contributed by atoms with E-state index in [2.05, 4.69) is 10.4 Å². The van der Waals surface area contributed by atoms with Crippen LogP contribution in [0.15, 0.2) is 23.1 Å². The molecule has 0 fully saturated rings. The summed E-state index contributed by atoms with van der Waals surface area (Å²) in [5.41, 5.74) is 7.69. The zero-order chi connectivity index (χ0) is 15.6. The number of rotatable bonds is 4. The first-order valence-electron chi connectivity index (χ1n) is 6.82. The maximum absolute atomic E-state index is 12.4. The van der Waals surface area contributed by atoms with Crippen molar-refractivity contribution in [2.75, 3.05) is 11.1 Å². The Labute approximate surface area is 122 Å². The van der Waals surface area contributed by atoms with Gasteiger partial charge in [0.25, 0.3) is 11.5 Å². The Bertz CT molecular complexity index is 729. The summed E-state index contributed by atoms with van der Waals surface area (Å²) < 4.78 is 3.08. The maximum Gasteiger partial charge on any atom is 0.276 e. The third-order valence-corrected chi connectivity index (χ3v) is 3.27. The van der Waals surface area contributed by atoms with E-state index in [1.807, 2.05) is 13.8 Å². The highest BCUT2D eigenvalue weighted by Crippen LogP contribution is 2.18. The number of nitrogen functional groups attached to an aromatic ring is 1. The average Bonchev–Trinajstić information content (AvgIpc) is 2.76. The lowest BCUT2D eigenvalue weighted by molar-refractivity contribution is 0.101. The van der Waals surface area contributed by atoms with Gasteiger partial charge < -0.3 is 15.6 Å². The Hall–Kier alpha value is -2.57. The fourth-order valence-electron chi connectivity index (χ4n) is 2.11. The molecular weight excluding hydrogens is 270 g/mol. The Balaban J connectivity index is 2.32. The van der Waals surface area contributed by atoms with Crippen molar-refractivity contribution in [3.05, 3.63) is 40.1 Å². The molecule has 3 N–H and O–H groups in total. The van der Waals surface area contributed by atoms with Gasteiger partial charge in [-0.2, -0.15) is 5.10 Å². The average molecular weight is 289 g/mol. The molecule has 0 atom stereocenters. The van der Waals surface area contributed by atoms with Gasteiger partial charge in [0.2, 0.25) is 0 Å². The van der Waals surface area contributed by atoms with Gasteiger partial charge in [-0.05, 0) is 26.8 Å². The number of nitrogens with one attached hydrogen (secondary N) is 1. The number of nitrogens with two attached hydrogens (primary N) is 1. The summed E-state index contributed by atoms with van der Waals surface area (Å²) in [5, 5.41) is 6.96. The van der Waals surface area contributed by atoms with Gasteiger partial charge in [-0.1, -0.05) is 0 Å². The summed E-state index contributed by atoms with van der Waals surface area (Å²) in [4.78, 5) is 23.9. The monoisotopic (exact) mass is 289 g/mol. The molecule has 2 rings (SSSR count). The summed E-state index contributed by atoms with van der Waals surface area (Å²) in [7, 11) is 0. The van der Waals surface area contributed by atoms with E-state index < -0.39 is 0 Å². The van der Waals surface area contributed by atoms with Crippen molar-refractivity contribution in [2.45, 2.75) is 33.9 Å². The van der Waals surface area contributed by atoms with Crippen LogP contribution in [0.1, 0.15) is 30.0 Å². The minimum atomic E-state index is -0.337. The molecule has 2 heterocycles. The number of carbonyl (C=O) groups excluding carboxylic acids is 1. The number of anilines is 2. The number of pyridine rings is 1. The van der Waals surface area contributed by atoms with E-state index in [9.17, 15) is 9.59 Å². The number of aromatic nitrogens is 3. The molecule has 2 aromatic heterocycles. The van der Waals surface area contributed by atoms with E-state index in [-0.39, 0.29) is 11.5 Å². The summed E-state index contributed by atoms with van der Waals surface area (Å²) >= 11 is 0. The molecule has 21 heavy (non-hydrogen) atoms. The number of amides is 1. The number of aryl methyl sites for hydroxylation is 3. The molecule has 0 aliphatic heterocycles. The standard InChI is InChI=1S/C14H19N5O2/c1-4-18-8-10(6-7-11(18)20)16-14(21)13-12(15)9(3)17-19(13)5-2/h6-8H,4-5,15H2,1-3H3,(H,16,21).